The Morgan fingerprint density at radius 1 is 0.938 bits per heavy atom. The summed E-state index contributed by atoms with van der Waals surface area (Å²) in [5, 5.41) is 10.9. The number of allylic oxidation sites excluding steroid dienone is 2. The van der Waals surface area contributed by atoms with Crippen molar-refractivity contribution in [3.63, 3.8) is 0 Å². The zero-order valence-electron chi connectivity index (χ0n) is 22.4. The van der Waals surface area contributed by atoms with Crippen LogP contribution in [0.4, 0.5) is 0 Å². The Morgan fingerprint density at radius 3 is 2.31 bits per heavy atom. The molecule has 0 aliphatic heterocycles. The van der Waals surface area contributed by atoms with Crippen molar-refractivity contribution in [2.24, 2.45) is 45.3 Å². The summed E-state index contributed by atoms with van der Waals surface area (Å²) in [6.45, 7) is 21.7. The normalized spacial score (nSPS) is 47.1. The number of aliphatic hydroxyl groups excluding tert-OH is 1. The Kier molecular flexibility index (Phi) is 6.36. The van der Waals surface area contributed by atoms with Gasteiger partial charge in [0.05, 0.1) is 6.10 Å². The zero-order chi connectivity index (χ0) is 23.5. The highest BCUT2D eigenvalue weighted by molar-refractivity contribution is 5.39. The van der Waals surface area contributed by atoms with Crippen LogP contribution in [-0.4, -0.2) is 11.2 Å². The maximum Gasteiger partial charge on any atom is 0.0631 e. The minimum absolute atomic E-state index is 0.143. The van der Waals surface area contributed by atoms with Crippen molar-refractivity contribution in [3.8, 4) is 0 Å². The molecular weight excluding hydrogens is 388 g/mol. The van der Waals surface area contributed by atoms with E-state index in [4.69, 9.17) is 0 Å². The minimum atomic E-state index is -0.229. The molecule has 1 nitrogen and oxygen atoms in total. The van der Waals surface area contributed by atoms with Gasteiger partial charge in [-0.3, -0.25) is 0 Å². The van der Waals surface area contributed by atoms with E-state index in [1.54, 1.807) is 0 Å². The topological polar surface area (TPSA) is 20.2 Å². The first kappa shape index (κ1) is 24.6. The van der Waals surface area contributed by atoms with E-state index in [0.717, 1.165) is 30.6 Å². The van der Waals surface area contributed by atoms with Gasteiger partial charge in [-0.15, -0.1) is 6.58 Å². The molecule has 4 rings (SSSR count). The van der Waals surface area contributed by atoms with Gasteiger partial charge in [0, 0.05) is 5.41 Å². The molecule has 0 bridgehead atoms. The van der Waals surface area contributed by atoms with Crippen molar-refractivity contribution in [2.75, 3.05) is 0 Å². The Morgan fingerprint density at radius 2 is 1.66 bits per heavy atom. The quantitative estimate of drug-likeness (QED) is 0.409. The van der Waals surface area contributed by atoms with Crippen molar-refractivity contribution in [2.45, 2.75) is 125 Å². The SMILES string of the molecule is C=C[C@]1(C)[C@@H](O)CC[C@]2(C)C3=C(CC[C@@H]12)[C@]1(C)CC[C@H]([C@H](C)CCCC(C)C)[C@@]1(C)CC3. The number of rotatable bonds is 6. The summed E-state index contributed by atoms with van der Waals surface area (Å²) in [5.74, 6) is 3.10. The fourth-order valence-corrected chi connectivity index (χ4v) is 9.70. The van der Waals surface area contributed by atoms with Gasteiger partial charge in [-0.05, 0) is 91.3 Å². The molecule has 0 radical (unpaired) electrons. The summed E-state index contributed by atoms with van der Waals surface area (Å²) in [6, 6.07) is 0. The number of fused-ring (bicyclic) bond motifs is 4. The molecule has 0 spiro atoms. The van der Waals surface area contributed by atoms with E-state index in [0.29, 0.717) is 16.7 Å². The van der Waals surface area contributed by atoms with Gasteiger partial charge in [-0.2, -0.15) is 0 Å². The van der Waals surface area contributed by atoms with E-state index >= 15 is 0 Å². The second-order valence-corrected chi connectivity index (χ2v) is 13.8. The van der Waals surface area contributed by atoms with Gasteiger partial charge in [0.15, 0.2) is 0 Å². The van der Waals surface area contributed by atoms with Crippen LogP contribution in [0.3, 0.4) is 0 Å². The Hall–Kier alpha value is -0.560. The molecule has 2 fully saturated rings. The molecular formula is C31H52O. The molecule has 0 unspecified atom stereocenters. The van der Waals surface area contributed by atoms with Gasteiger partial charge in [0.2, 0.25) is 0 Å². The molecule has 2 saturated carbocycles. The van der Waals surface area contributed by atoms with Crippen LogP contribution in [0.25, 0.3) is 0 Å². The molecule has 0 aromatic carbocycles. The maximum atomic E-state index is 10.9. The van der Waals surface area contributed by atoms with Crippen molar-refractivity contribution in [1.29, 1.82) is 0 Å². The van der Waals surface area contributed by atoms with Crippen LogP contribution < -0.4 is 0 Å². The van der Waals surface area contributed by atoms with Crippen molar-refractivity contribution < 1.29 is 5.11 Å². The number of hydrogen-bond donors (Lipinski definition) is 1. The molecule has 1 heteroatoms. The van der Waals surface area contributed by atoms with E-state index in [-0.39, 0.29) is 16.9 Å². The van der Waals surface area contributed by atoms with Gasteiger partial charge in [0.25, 0.3) is 0 Å². The first-order chi connectivity index (χ1) is 14.9. The van der Waals surface area contributed by atoms with Crippen LogP contribution in [0, 0.1) is 45.3 Å². The fraction of sp³-hybridized carbons (Fsp3) is 0.871. The van der Waals surface area contributed by atoms with Gasteiger partial charge >= 0.3 is 0 Å². The smallest absolute Gasteiger partial charge is 0.0631 e. The average Bonchev–Trinajstić information content (AvgIpc) is 3.02. The van der Waals surface area contributed by atoms with Gasteiger partial charge < -0.3 is 5.11 Å². The first-order valence-electron chi connectivity index (χ1n) is 14.0. The van der Waals surface area contributed by atoms with Gasteiger partial charge in [-0.25, -0.2) is 0 Å². The Bertz CT molecular complexity index is 762. The highest BCUT2D eigenvalue weighted by Gasteiger charge is 2.63. The van der Waals surface area contributed by atoms with E-state index in [1.807, 2.05) is 11.1 Å². The van der Waals surface area contributed by atoms with Crippen molar-refractivity contribution in [1.82, 2.24) is 0 Å². The van der Waals surface area contributed by atoms with Crippen molar-refractivity contribution in [3.05, 3.63) is 23.8 Å². The summed E-state index contributed by atoms with van der Waals surface area (Å²) < 4.78 is 0. The molecule has 1 N–H and O–H groups in total. The van der Waals surface area contributed by atoms with Gasteiger partial charge in [0.1, 0.15) is 0 Å². The van der Waals surface area contributed by atoms with Crippen molar-refractivity contribution >= 4 is 0 Å². The second-order valence-electron chi connectivity index (χ2n) is 13.8. The molecule has 0 heterocycles. The van der Waals surface area contributed by atoms with Crippen LogP contribution in [0.5, 0.6) is 0 Å². The van der Waals surface area contributed by atoms with Crippen LogP contribution in [0.1, 0.15) is 119 Å². The van der Waals surface area contributed by atoms with Crippen LogP contribution in [0.2, 0.25) is 0 Å². The summed E-state index contributed by atoms with van der Waals surface area (Å²) >= 11 is 0. The highest BCUT2D eigenvalue weighted by atomic mass is 16.3. The van der Waals surface area contributed by atoms with Gasteiger partial charge in [-0.1, -0.05) is 85.0 Å². The van der Waals surface area contributed by atoms with Crippen LogP contribution in [0.15, 0.2) is 23.8 Å². The molecule has 8 atom stereocenters. The number of hydrogen-bond acceptors (Lipinski definition) is 1. The largest absolute Gasteiger partial charge is 0.392 e. The first-order valence-corrected chi connectivity index (χ1v) is 14.0. The summed E-state index contributed by atoms with van der Waals surface area (Å²) in [5.41, 5.74) is 4.64. The lowest BCUT2D eigenvalue weighted by Gasteiger charge is -2.62. The minimum Gasteiger partial charge on any atom is -0.392 e. The molecule has 4 aliphatic carbocycles. The Labute approximate surface area is 199 Å². The van der Waals surface area contributed by atoms with Crippen LogP contribution in [-0.2, 0) is 0 Å². The molecule has 0 aromatic rings. The maximum absolute atomic E-state index is 10.9. The van der Waals surface area contributed by atoms with E-state index < -0.39 is 0 Å². The van der Waals surface area contributed by atoms with E-state index in [1.165, 1.54) is 57.8 Å². The van der Waals surface area contributed by atoms with Crippen LogP contribution >= 0.6 is 0 Å². The lowest BCUT2D eigenvalue weighted by atomic mass is 9.43. The highest BCUT2D eigenvalue weighted by Crippen LogP contribution is 2.72. The summed E-state index contributed by atoms with van der Waals surface area (Å²) in [6.07, 6.45) is 16.1. The zero-order valence-corrected chi connectivity index (χ0v) is 22.4. The molecule has 4 aliphatic rings. The lowest BCUT2D eigenvalue weighted by Crippen LogP contribution is -2.55. The molecule has 0 saturated heterocycles. The molecule has 32 heavy (non-hydrogen) atoms. The third-order valence-electron chi connectivity index (χ3n) is 12.1. The molecule has 0 aromatic heterocycles. The monoisotopic (exact) mass is 440 g/mol. The predicted molar refractivity (Wildman–Crippen MR) is 137 cm³/mol. The van der Waals surface area contributed by atoms with E-state index in [2.05, 4.69) is 61.1 Å². The summed E-state index contributed by atoms with van der Waals surface area (Å²) in [7, 11) is 0. The summed E-state index contributed by atoms with van der Waals surface area (Å²) in [4.78, 5) is 0. The van der Waals surface area contributed by atoms with E-state index in [9.17, 15) is 5.11 Å². The standard InChI is InChI=1S/C31H52O/c1-9-28(5)26-14-13-25-24(29(26,6)18-17-27(28)32)16-20-30(7)23(15-19-31(25,30)8)22(4)12-10-11-21(2)3/h9,21-23,26-27,32H,1,10-20H2,2-8H3/t22-,23-,26+,27+,28+,29-,30-,31+/m1/s1. The molecule has 182 valence electrons. The predicted octanol–water partition coefficient (Wildman–Crippen LogP) is 8.73. The fourth-order valence-electron chi connectivity index (χ4n) is 9.70. The average molecular weight is 441 g/mol. The lowest BCUT2D eigenvalue weighted by molar-refractivity contribution is -0.0801. The Balaban J connectivity index is 1.64. The number of aliphatic hydroxyl groups is 1. The molecule has 0 amide bonds. The second kappa shape index (κ2) is 8.28. The third kappa shape index (κ3) is 3.34. The third-order valence-corrected chi connectivity index (χ3v) is 12.1.